The van der Waals surface area contributed by atoms with Gasteiger partial charge in [0, 0.05) is 5.39 Å². The van der Waals surface area contributed by atoms with Gasteiger partial charge in [0.15, 0.2) is 0 Å². The number of fused-ring (bicyclic) bond motifs is 1. The molecule has 1 aromatic carbocycles. The molecule has 1 aromatic heterocycles. The Kier molecular flexibility index (Phi) is 5.33. The van der Waals surface area contributed by atoms with Crippen LogP contribution in [-0.2, 0) is 0 Å². The van der Waals surface area contributed by atoms with E-state index in [2.05, 4.69) is 49.2 Å². The van der Waals surface area contributed by atoms with Crippen LogP contribution in [0.25, 0.3) is 10.9 Å². The van der Waals surface area contributed by atoms with E-state index < -0.39 is 0 Å². The number of benzene rings is 1. The minimum Gasteiger partial charge on any atom is -0.241 e. The van der Waals surface area contributed by atoms with E-state index in [-0.39, 0.29) is 0 Å². The van der Waals surface area contributed by atoms with E-state index in [1.165, 1.54) is 10.9 Å². The zero-order valence-electron chi connectivity index (χ0n) is 10.4. The molecule has 1 nitrogen and oxygen atoms in total. The first kappa shape index (κ1) is 13.0. The summed E-state index contributed by atoms with van der Waals surface area (Å²) in [5, 5.41) is 2.34. The fourth-order valence-corrected chi connectivity index (χ4v) is 2.08. The van der Waals surface area contributed by atoms with Crippen molar-refractivity contribution >= 4 is 22.7 Å². The minimum absolute atomic E-state index is 1.07. The second kappa shape index (κ2) is 6.54. The summed E-state index contributed by atoms with van der Waals surface area (Å²) in [6.45, 7) is 8.25. The van der Waals surface area contributed by atoms with Crippen LogP contribution in [0.3, 0.4) is 0 Å². The smallest absolute Gasteiger partial charge is 0.0967 e. The molecule has 0 fully saturated rings. The molecule has 0 saturated carbocycles. The van der Waals surface area contributed by atoms with E-state index in [4.69, 9.17) is 0 Å². The van der Waals surface area contributed by atoms with Crippen molar-refractivity contribution in [2.24, 2.45) is 0 Å². The van der Waals surface area contributed by atoms with E-state index in [1.54, 1.807) is 11.8 Å². The number of aromatic nitrogens is 1. The topological polar surface area (TPSA) is 12.9 Å². The molecule has 0 unspecified atom stereocenters. The molecule has 0 aliphatic rings. The molecule has 0 N–H and O–H groups in total. The Morgan fingerprint density at radius 1 is 1.12 bits per heavy atom. The highest BCUT2D eigenvalue weighted by Gasteiger charge is 1.97. The quantitative estimate of drug-likeness (QED) is 0.698. The van der Waals surface area contributed by atoms with Crippen LogP contribution in [0.1, 0.15) is 26.3 Å². The molecular weight excluding hydrogens is 214 g/mol. The fourth-order valence-electron chi connectivity index (χ4n) is 1.45. The lowest BCUT2D eigenvalue weighted by Gasteiger charge is -2.01. The Morgan fingerprint density at radius 2 is 1.88 bits per heavy atom. The molecule has 0 spiro atoms. The first-order chi connectivity index (χ1) is 7.79. The third kappa shape index (κ3) is 3.24. The number of thioether (sulfide) groups is 1. The number of pyridine rings is 1. The first-order valence-corrected chi connectivity index (χ1v) is 6.78. The third-order valence-corrected chi connectivity index (χ3v) is 2.92. The maximum Gasteiger partial charge on any atom is 0.0967 e. The predicted octanol–water partition coefficient (Wildman–Crippen LogP) is 4.68. The lowest BCUT2D eigenvalue weighted by atomic mass is 10.1. The molecule has 0 atom stereocenters. The summed E-state index contributed by atoms with van der Waals surface area (Å²) in [6.07, 6.45) is 0. The molecule has 16 heavy (non-hydrogen) atoms. The molecular formula is C14H19NS. The van der Waals surface area contributed by atoms with Crippen LogP contribution >= 0.6 is 11.8 Å². The lowest BCUT2D eigenvalue weighted by molar-refractivity contribution is 1.19. The van der Waals surface area contributed by atoms with E-state index in [0.29, 0.717) is 0 Å². The van der Waals surface area contributed by atoms with Crippen molar-refractivity contribution in [2.75, 3.05) is 5.75 Å². The fraction of sp³-hybridized carbons (Fsp3) is 0.357. The van der Waals surface area contributed by atoms with Gasteiger partial charge in [0.1, 0.15) is 0 Å². The van der Waals surface area contributed by atoms with Crippen LogP contribution in [-0.4, -0.2) is 10.7 Å². The van der Waals surface area contributed by atoms with Crippen LogP contribution < -0.4 is 0 Å². The molecule has 0 saturated heterocycles. The monoisotopic (exact) mass is 233 g/mol. The molecule has 2 heteroatoms. The summed E-state index contributed by atoms with van der Waals surface area (Å²) in [5.41, 5.74) is 2.38. The average molecular weight is 233 g/mol. The number of hydrogen-bond donors (Lipinski definition) is 0. The van der Waals surface area contributed by atoms with E-state index in [0.717, 1.165) is 16.3 Å². The maximum absolute atomic E-state index is 4.57. The standard InChI is InChI=1S/C12H13NS.C2H6/c1-3-14-12-7-5-10-8-9(2)4-6-11(10)13-12;1-2/h4-8H,3H2,1-2H3;1-2H3. The van der Waals surface area contributed by atoms with E-state index in [9.17, 15) is 0 Å². The van der Waals surface area contributed by atoms with Crippen LogP contribution in [0.5, 0.6) is 0 Å². The second-order valence-corrected chi connectivity index (χ2v) is 4.56. The van der Waals surface area contributed by atoms with Crippen molar-refractivity contribution in [1.82, 2.24) is 4.98 Å². The summed E-state index contributed by atoms with van der Waals surface area (Å²) in [7, 11) is 0. The Morgan fingerprint density at radius 3 is 2.56 bits per heavy atom. The van der Waals surface area contributed by atoms with Gasteiger partial charge in [-0.15, -0.1) is 11.8 Å². The number of hydrogen-bond acceptors (Lipinski definition) is 2. The summed E-state index contributed by atoms with van der Waals surface area (Å²) in [4.78, 5) is 4.57. The van der Waals surface area contributed by atoms with Crippen molar-refractivity contribution in [3.8, 4) is 0 Å². The summed E-state index contributed by atoms with van der Waals surface area (Å²) < 4.78 is 0. The molecule has 2 aromatic rings. The van der Waals surface area contributed by atoms with Gasteiger partial charge < -0.3 is 0 Å². The van der Waals surface area contributed by atoms with Crippen molar-refractivity contribution < 1.29 is 0 Å². The van der Waals surface area contributed by atoms with Gasteiger partial charge in [-0.3, -0.25) is 0 Å². The zero-order valence-corrected chi connectivity index (χ0v) is 11.3. The Bertz CT molecular complexity index is 451. The predicted molar refractivity (Wildman–Crippen MR) is 74.2 cm³/mol. The van der Waals surface area contributed by atoms with Crippen LogP contribution in [0, 0.1) is 6.92 Å². The van der Waals surface area contributed by atoms with Crippen LogP contribution in [0.4, 0.5) is 0 Å². The third-order valence-electron chi connectivity index (χ3n) is 2.11. The molecule has 0 amide bonds. The number of nitrogens with zero attached hydrogens (tertiary/aromatic N) is 1. The van der Waals surface area contributed by atoms with E-state index in [1.807, 2.05) is 13.8 Å². The van der Waals surface area contributed by atoms with E-state index >= 15 is 0 Å². The second-order valence-electron chi connectivity index (χ2n) is 3.28. The Labute approximate surface area is 102 Å². The van der Waals surface area contributed by atoms with Crippen molar-refractivity contribution in [3.63, 3.8) is 0 Å². The normalized spacial score (nSPS) is 9.75. The van der Waals surface area contributed by atoms with Crippen molar-refractivity contribution in [3.05, 3.63) is 35.9 Å². The summed E-state index contributed by atoms with van der Waals surface area (Å²) in [6, 6.07) is 10.6. The van der Waals surface area contributed by atoms with Crippen LogP contribution in [0.2, 0.25) is 0 Å². The van der Waals surface area contributed by atoms with Crippen LogP contribution in [0.15, 0.2) is 35.4 Å². The Balaban J connectivity index is 0.000000606. The van der Waals surface area contributed by atoms with Gasteiger partial charge in [-0.2, -0.15) is 0 Å². The maximum atomic E-state index is 4.57. The Hall–Kier alpha value is -1.02. The van der Waals surface area contributed by atoms with Crippen molar-refractivity contribution in [2.45, 2.75) is 32.7 Å². The van der Waals surface area contributed by atoms with Gasteiger partial charge >= 0.3 is 0 Å². The first-order valence-electron chi connectivity index (χ1n) is 5.80. The average Bonchev–Trinajstić information content (AvgIpc) is 2.32. The molecule has 2 rings (SSSR count). The summed E-state index contributed by atoms with van der Waals surface area (Å²) in [5.74, 6) is 1.07. The van der Waals surface area contributed by atoms with Gasteiger partial charge in [-0.1, -0.05) is 38.5 Å². The van der Waals surface area contributed by atoms with Crippen molar-refractivity contribution in [1.29, 1.82) is 0 Å². The molecule has 86 valence electrons. The molecule has 0 aliphatic heterocycles. The van der Waals surface area contributed by atoms with Gasteiger partial charge in [0.05, 0.1) is 10.5 Å². The largest absolute Gasteiger partial charge is 0.241 e. The highest BCUT2D eigenvalue weighted by atomic mass is 32.2. The van der Waals surface area contributed by atoms with Gasteiger partial charge in [-0.25, -0.2) is 4.98 Å². The number of aryl methyl sites for hydroxylation is 1. The summed E-state index contributed by atoms with van der Waals surface area (Å²) >= 11 is 1.78. The highest BCUT2D eigenvalue weighted by molar-refractivity contribution is 7.99. The van der Waals surface area contributed by atoms with Gasteiger partial charge in [0.2, 0.25) is 0 Å². The SMILES string of the molecule is CC.CCSc1ccc2cc(C)ccc2n1. The van der Waals surface area contributed by atoms with Gasteiger partial charge in [0.25, 0.3) is 0 Å². The lowest BCUT2D eigenvalue weighted by Crippen LogP contribution is -1.83. The molecule has 0 bridgehead atoms. The molecule has 0 radical (unpaired) electrons. The molecule has 1 heterocycles. The van der Waals surface area contributed by atoms with Gasteiger partial charge in [-0.05, 0) is 30.9 Å². The number of rotatable bonds is 2. The molecule has 0 aliphatic carbocycles. The highest BCUT2D eigenvalue weighted by Crippen LogP contribution is 2.20. The zero-order chi connectivity index (χ0) is 12.0. The minimum atomic E-state index is 1.07.